The fourth-order valence-corrected chi connectivity index (χ4v) is 2.90. The number of aromatic amines is 1. The average molecular weight is 385 g/mol. The van der Waals surface area contributed by atoms with Crippen LogP contribution >= 0.6 is 0 Å². The minimum absolute atomic E-state index is 0.292. The summed E-state index contributed by atoms with van der Waals surface area (Å²) >= 11 is 0. The molecular weight excluding hydrogens is 362 g/mol. The van der Waals surface area contributed by atoms with Crippen LogP contribution in [0.2, 0.25) is 0 Å². The van der Waals surface area contributed by atoms with E-state index in [4.69, 9.17) is 15.9 Å². The summed E-state index contributed by atoms with van der Waals surface area (Å²) in [5.41, 5.74) is 9.98. The Labute approximate surface area is 161 Å². The molecule has 1 amide bonds. The van der Waals surface area contributed by atoms with Crippen LogP contribution in [0.3, 0.4) is 0 Å². The number of likely N-dealkylation sites (N-methyl/N-ethyl adjacent to an activating group) is 1. The number of hydrogen-bond donors (Lipinski definition) is 4. The van der Waals surface area contributed by atoms with Crippen LogP contribution in [0.25, 0.3) is 16.5 Å². The van der Waals surface area contributed by atoms with E-state index < -0.39 is 11.9 Å². The van der Waals surface area contributed by atoms with Gasteiger partial charge in [0.1, 0.15) is 0 Å². The Morgan fingerprint density at radius 1 is 1.21 bits per heavy atom. The van der Waals surface area contributed by atoms with Crippen LogP contribution in [0.5, 0.6) is 0 Å². The number of rotatable bonds is 5. The molecule has 0 bridgehead atoms. The number of carbonyl (C=O) groups is 3. The number of aliphatic carboxylic acids is 2. The zero-order valence-electron chi connectivity index (χ0n) is 15.5. The Kier molecular flexibility index (Phi) is 7.11. The van der Waals surface area contributed by atoms with E-state index in [1.54, 1.807) is 0 Å². The van der Waals surface area contributed by atoms with Crippen LogP contribution in [0.1, 0.15) is 17.5 Å². The van der Waals surface area contributed by atoms with Crippen molar-refractivity contribution < 1.29 is 24.6 Å². The number of hydrogen-bond acceptors (Lipinski definition) is 4. The summed E-state index contributed by atoms with van der Waals surface area (Å²) in [6.07, 6.45) is 6.82. The molecule has 1 aliphatic heterocycles. The number of fused-ring (bicyclic) bond motifs is 1. The maximum atomic E-state index is 11.1. The Morgan fingerprint density at radius 3 is 2.43 bits per heavy atom. The van der Waals surface area contributed by atoms with E-state index in [9.17, 15) is 14.4 Å². The summed E-state index contributed by atoms with van der Waals surface area (Å²) in [5.74, 6) is -2.81. The number of nitrogens with one attached hydrogen (secondary N) is 1. The number of nitrogens with two attached hydrogens (primary N) is 1. The van der Waals surface area contributed by atoms with E-state index in [0.29, 0.717) is 18.6 Å². The number of aromatic nitrogens is 1. The number of primary amides is 1. The normalized spacial score (nSPS) is 14.4. The Balaban J connectivity index is 0.000000300. The first-order valence-electron chi connectivity index (χ1n) is 8.66. The van der Waals surface area contributed by atoms with Gasteiger partial charge >= 0.3 is 11.9 Å². The summed E-state index contributed by atoms with van der Waals surface area (Å²) in [4.78, 5) is 35.8. The number of H-pyrrole nitrogens is 1. The lowest BCUT2D eigenvalue weighted by molar-refractivity contribution is -0.134. The molecule has 5 N–H and O–H groups in total. The molecule has 2 heterocycles. The lowest BCUT2D eigenvalue weighted by Crippen LogP contribution is -2.23. The molecule has 1 aromatic carbocycles. The molecule has 148 valence electrons. The van der Waals surface area contributed by atoms with Gasteiger partial charge in [0.15, 0.2) is 0 Å². The third-order valence-electron chi connectivity index (χ3n) is 4.25. The van der Waals surface area contributed by atoms with Gasteiger partial charge in [0, 0.05) is 47.9 Å². The number of amides is 1. The monoisotopic (exact) mass is 385 g/mol. The molecule has 2 aromatic rings. The molecule has 0 spiro atoms. The number of carbonyl (C=O) groups excluding carboxylic acids is 1. The highest BCUT2D eigenvalue weighted by Gasteiger charge is 2.14. The number of nitrogens with zero attached hydrogens (tertiary/aromatic N) is 1. The second-order valence-corrected chi connectivity index (χ2v) is 6.48. The molecule has 8 nitrogen and oxygen atoms in total. The third kappa shape index (κ3) is 6.10. The van der Waals surface area contributed by atoms with Crippen LogP contribution in [0, 0.1) is 0 Å². The molecule has 0 saturated heterocycles. The molecule has 0 saturated carbocycles. The fourth-order valence-electron chi connectivity index (χ4n) is 2.90. The van der Waals surface area contributed by atoms with Crippen molar-refractivity contribution in [3.63, 3.8) is 0 Å². The summed E-state index contributed by atoms with van der Waals surface area (Å²) in [7, 11) is 2.13. The van der Waals surface area contributed by atoms with Gasteiger partial charge in [-0.15, -0.1) is 0 Å². The predicted molar refractivity (Wildman–Crippen MR) is 106 cm³/mol. The van der Waals surface area contributed by atoms with Gasteiger partial charge in [-0.2, -0.15) is 0 Å². The molecular formula is C20H23N3O5. The van der Waals surface area contributed by atoms with Crippen LogP contribution in [-0.2, 0) is 20.8 Å². The summed E-state index contributed by atoms with van der Waals surface area (Å²) < 4.78 is 0. The first-order valence-corrected chi connectivity index (χ1v) is 8.66. The van der Waals surface area contributed by atoms with Crippen LogP contribution in [0.15, 0.2) is 42.6 Å². The summed E-state index contributed by atoms with van der Waals surface area (Å²) in [6.45, 7) is 2.07. The Bertz CT molecular complexity index is 926. The molecule has 0 atom stereocenters. The van der Waals surface area contributed by atoms with Gasteiger partial charge in [-0.1, -0.05) is 12.1 Å². The van der Waals surface area contributed by atoms with E-state index in [2.05, 4.69) is 35.3 Å². The van der Waals surface area contributed by atoms with Crippen molar-refractivity contribution >= 4 is 34.3 Å². The van der Waals surface area contributed by atoms with Crippen molar-refractivity contribution in [1.29, 1.82) is 0 Å². The van der Waals surface area contributed by atoms with Gasteiger partial charge in [0.25, 0.3) is 0 Å². The van der Waals surface area contributed by atoms with Crippen molar-refractivity contribution in [2.45, 2.75) is 12.8 Å². The summed E-state index contributed by atoms with van der Waals surface area (Å²) in [6, 6.07) is 6.05. The van der Waals surface area contributed by atoms with Crippen molar-refractivity contribution in [2.24, 2.45) is 5.73 Å². The molecule has 0 fully saturated rings. The second kappa shape index (κ2) is 9.52. The lowest BCUT2D eigenvalue weighted by Gasteiger charge is -2.21. The highest BCUT2D eigenvalue weighted by Crippen LogP contribution is 2.29. The van der Waals surface area contributed by atoms with Crippen molar-refractivity contribution in [3.8, 4) is 0 Å². The molecule has 0 radical (unpaired) electrons. The first kappa shape index (κ1) is 20.9. The molecule has 0 unspecified atom stereocenters. The average Bonchev–Trinajstić information content (AvgIpc) is 3.04. The van der Waals surface area contributed by atoms with Gasteiger partial charge in [-0.05, 0) is 36.7 Å². The zero-order chi connectivity index (χ0) is 20.7. The first-order chi connectivity index (χ1) is 13.3. The minimum Gasteiger partial charge on any atom is -0.478 e. The van der Waals surface area contributed by atoms with Crippen LogP contribution in [0.4, 0.5) is 0 Å². The summed E-state index contributed by atoms with van der Waals surface area (Å²) in [5, 5.41) is 16.8. The Morgan fingerprint density at radius 2 is 1.89 bits per heavy atom. The van der Waals surface area contributed by atoms with E-state index in [-0.39, 0.29) is 5.91 Å². The fraction of sp³-hybridized carbons (Fsp3) is 0.250. The largest absolute Gasteiger partial charge is 0.478 e. The van der Waals surface area contributed by atoms with Gasteiger partial charge in [-0.3, -0.25) is 4.79 Å². The predicted octanol–water partition coefficient (Wildman–Crippen LogP) is 1.63. The van der Waals surface area contributed by atoms with Crippen molar-refractivity contribution in [2.75, 3.05) is 20.1 Å². The van der Waals surface area contributed by atoms with Gasteiger partial charge in [-0.25, -0.2) is 9.59 Å². The zero-order valence-corrected chi connectivity index (χ0v) is 15.5. The smallest absolute Gasteiger partial charge is 0.328 e. The lowest BCUT2D eigenvalue weighted by atomic mass is 9.98. The molecule has 28 heavy (non-hydrogen) atoms. The molecule has 0 aliphatic carbocycles. The molecule has 3 rings (SSSR count). The quantitative estimate of drug-likeness (QED) is 0.577. The topological polar surface area (TPSA) is 137 Å². The maximum absolute atomic E-state index is 11.1. The minimum atomic E-state index is -1.26. The third-order valence-corrected chi connectivity index (χ3v) is 4.25. The van der Waals surface area contributed by atoms with Crippen molar-refractivity contribution in [1.82, 2.24) is 9.88 Å². The second-order valence-electron chi connectivity index (χ2n) is 6.48. The van der Waals surface area contributed by atoms with Crippen molar-refractivity contribution in [3.05, 3.63) is 53.8 Å². The van der Waals surface area contributed by atoms with Gasteiger partial charge < -0.3 is 25.8 Å². The molecule has 1 aliphatic rings. The van der Waals surface area contributed by atoms with Gasteiger partial charge in [0.05, 0.1) is 6.42 Å². The standard InChI is InChI=1S/C16H19N3O.C4H4O4/c1-19-6-4-12(5-7-19)14-10-18-15-3-2-11(8-13(14)15)9-16(17)20;5-3(6)1-2-4(7)8/h2-4,8,10,18H,5-7,9H2,1H3,(H2,17,20);1-2H,(H,5,6)(H,7,8)/b;2-1-. The SMILES string of the molecule is CN1CC=C(c2c[nH]c3ccc(CC(N)=O)cc23)CC1.O=C(O)/C=C\C(=O)O. The highest BCUT2D eigenvalue weighted by atomic mass is 16.4. The highest BCUT2D eigenvalue weighted by molar-refractivity contribution is 5.94. The molecule has 8 heteroatoms. The van der Waals surface area contributed by atoms with E-state index in [1.807, 2.05) is 12.1 Å². The van der Waals surface area contributed by atoms with E-state index in [0.717, 1.165) is 30.6 Å². The number of benzene rings is 1. The number of carboxylic acids is 2. The van der Waals surface area contributed by atoms with Gasteiger partial charge in [0.2, 0.25) is 5.91 Å². The molecule has 1 aromatic heterocycles. The maximum Gasteiger partial charge on any atom is 0.328 e. The Hall–Kier alpha value is -3.39. The van der Waals surface area contributed by atoms with Crippen LogP contribution in [-0.4, -0.2) is 58.1 Å². The van der Waals surface area contributed by atoms with E-state index in [1.165, 1.54) is 16.5 Å². The van der Waals surface area contributed by atoms with Crippen LogP contribution < -0.4 is 5.73 Å². The van der Waals surface area contributed by atoms with E-state index >= 15 is 0 Å². The number of carboxylic acid groups (broad SMARTS) is 2.